The van der Waals surface area contributed by atoms with Crippen molar-refractivity contribution in [3.8, 4) is 11.5 Å². The Kier molecular flexibility index (Phi) is 9.25. The Hall–Kier alpha value is -1.34. The molecule has 4 nitrogen and oxygen atoms in total. The highest BCUT2D eigenvalue weighted by atomic mass is 28.3. The van der Waals surface area contributed by atoms with Gasteiger partial charge in [0.25, 0.3) is 0 Å². The molecule has 0 N–H and O–H groups in total. The van der Waals surface area contributed by atoms with E-state index >= 15 is 0 Å². The fraction of sp³-hybridized carbons (Fsp3) is 0.692. The lowest BCUT2D eigenvalue weighted by Crippen LogP contribution is -2.51. The third-order valence-corrected chi connectivity index (χ3v) is 21.7. The molecule has 7 heteroatoms. The van der Waals surface area contributed by atoms with Crippen molar-refractivity contribution in [2.75, 3.05) is 0 Å². The third kappa shape index (κ3) is 5.04. The summed E-state index contributed by atoms with van der Waals surface area (Å²) in [5.41, 5.74) is 3.92. The summed E-state index contributed by atoms with van der Waals surface area (Å²) in [5.74, 6) is 1.78. The van der Waals surface area contributed by atoms with E-state index in [1.54, 1.807) is 0 Å². The van der Waals surface area contributed by atoms with Gasteiger partial charge in [0.1, 0.15) is 11.5 Å². The van der Waals surface area contributed by atoms with Gasteiger partial charge in [-0.15, -0.1) is 0 Å². The molecule has 2 rings (SSSR count). The normalized spacial score (nSPS) is 13.3. The van der Waals surface area contributed by atoms with Gasteiger partial charge >= 0.3 is 7.69 Å². The van der Waals surface area contributed by atoms with Gasteiger partial charge in [0.05, 0.1) is 0 Å². The maximum absolute atomic E-state index is 6.04. The number of hydrogen-bond donors (Lipinski definition) is 0. The molecule has 0 aliphatic rings. The van der Waals surface area contributed by atoms with Crippen LogP contribution in [0.5, 0.6) is 11.5 Å². The lowest BCUT2D eigenvalue weighted by Gasteiger charge is -2.44. The van der Waals surface area contributed by atoms with Gasteiger partial charge in [0, 0.05) is 12.4 Å². The molecule has 2 aromatic rings. The van der Waals surface area contributed by atoms with Crippen LogP contribution in [0.3, 0.4) is 0 Å². The average Bonchev–Trinajstić information content (AvgIpc) is 3.31. The molecule has 0 unspecified atom stereocenters. The monoisotopic (exact) mass is 488 g/mol. The summed E-state index contributed by atoms with van der Waals surface area (Å²) >= 11 is 0. The van der Waals surface area contributed by atoms with Gasteiger partial charge in [-0.05, 0) is 57.8 Å². The van der Waals surface area contributed by atoms with Gasteiger partial charge in [0.15, 0.2) is 16.5 Å². The molecule has 186 valence electrons. The molecule has 0 saturated heterocycles. The third-order valence-electron chi connectivity index (χ3n) is 8.23. The molecule has 2 heterocycles. The zero-order valence-electron chi connectivity index (χ0n) is 23.3. The largest absolute Gasteiger partial charge is 0.576 e. The van der Waals surface area contributed by atoms with Crippen molar-refractivity contribution in [2.45, 2.75) is 116 Å². The van der Waals surface area contributed by atoms with E-state index in [9.17, 15) is 0 Å². The van der Waals surface area contributed by atoms with Crippen LogP contribution in [0.25, 0.3) is 0 Å². The first-order chi connectivity index (χ1) is 15.3. The second kappa shape index (κ2) is 10.9. The molecule has 33 heavy (non-hydrogen) atoms. The van der Waals surface area contributed by atoms with Gasteiger partial charge in [-0.3, -0.25) is 0 Å². The first kappa shape index (κ1) is 27.9. The van der Waals surface area contributed by atoms with Crippen LogP contribution in [0.4, 0.5) is 0 Å². The molecule has 0 aliphatic heterocycles. The van der Waals surface area contributed by atoms with Gasteiger partial charge in [-0.25, -0.2) is 0 Å². The summed E-state index contributed by atoms with van der Waals surface area (Å²) in [4.78, 5) is 0. The van der Waals surface area contributed by atoms with Crippen LogP contribution in [-0.4, -0.2) is 32.6 Å². The maximum Gasteiger partial charge on any atom is 0.576 e. The Morgan fingerprint density at radius 1 is 0.545 bits per heavy atom. The second-order valence-corrected chi connectivity index (χ2v) is 23.1. The predicted octanol–water partition coefficient (Wildman–Crippen LogP) is 8.06. The lowest BCUT2D eigenvalue weighted by molar-refractivity contribution is 0.459. The first-order valence-corrected chi connectivity index (χ1v) is 17.3. The van der Waals surface area contributed by atoms with Crippen molar-refractivity contribution in [3.63, 3.8) is 0 Å². The topological polar surface area (TPSA) is 28.3 Å². The van der Waals surface area contributed by atoms with E-state index in [0.717, 1.165) is 11.5 Å². The van der Waals surface area contributed by atoms with Crippen LogP contribution in [0.1, 0.15) is 83.1 Å². The van der Waals surface area contributed by atoms with Gasteiger partial charge in [-0.2, -0.15) is 0 Å². The van der Waals surface area contributed by atoms with Gasteiger partial charge in [-0.1, -0.05) is 83.1 Å². The fourth-order valence-electron chi connectivity index (χ4n) is 7.36. The van der Waals surface area contributed by atoms with E-state index in [-0.39, 0.29) is 7.69 Å². The Morgan fingerprint density at radius 3 is 1.06 bits per heavy atom. The zero-order valence-corrected chi connectivity index (χ0v) is 25.3. The molecular weight excluding hydrogens is 439 g/mol. The summed E-state index contributed by atoms with van der Waals surface area (Å²) in [6.07, 6.45) is 8.86. The minimum Gasteiger partial charge on any atom is -0.527 e. The summed E-state index contributed by atoms with van der Waals surface area (Å²) < 4.78 is 17.1. The summed E-state index contributed by atoms with van der Waals surface area (Å²) in [6, 6.07) is 4.19. The van der Waals surface area contributed by atoms with Crippen molar-refractivity contribution >= 4 is 24.2 Å². The molecule has 0 atom stereocenters. The van der Waals surface area contributed by atoms with E-state index in [1.807, 2.05) is 0 Å². The van der Waals surface area contributed by atoms with Crippen LogP contribution >= 0.6 is 0 Å². The Labute approximate surface area is 206 Å². The highest BCUT2D eigenvalue weighted by molar-refractivity contribution is 6.82. The molecule has 0 amide bonds. The van der Waals surface area contributed by atoms with Crippen LogP contribution < -0.4 is 9.31 Å². The predicted molar refractivity (Wildman–Crippen MR) is 150 cm³/mol. The van der Waals surface area contributed by atoms with Crippen molar-refractivity contribution < 1.29 is 9.31 Å². The van der Waals surface area contributed by atoms with E-state index in [1.165, 1.54) is 0 Å². The molecule has 0 radical (unpaired) electrons. The minimum atomic E-state index is -1.74. The highest BCUT2D eigenvalue weighted by Gasteiger charge is 2.46. The van der Waals surface area contributed by atoms with Crippen molar-refractivity contribution in [2.24, 2.45) is 0 Å². The van der Waals surface area contributed by atoms with Crippen molar-refractivity contribution in [3.05, 3.63) is 36.9 Å². The SMILES string of the molecule is CC(C)[Si](C(C)C)(C(C)C)n1ccc(OBOc2ccn([Si](C(C)C)(C(C)C)C(C)C)c2)c1. The number of nitrogens with zero attached hydrogens (tertiary/aromatic N) is 2. The van der Waals surface area contributed by atoms with E-state index in [2.05, 4.69) is 128 Å². The quantitative estimate of drug-likeness (QED) is 0.283. The van der Waals surface area contributed by atoms with Crippen LogP contribution in [-0.2, 0) is 0 Å². The van der Waals surface area contributed by atoms with Crippen molar-refractivity contribution in [1.82, 2.24) is 8.47 Å². The van der Waals surface area contributed by atoms with Crippen LogP contribution in [0, 0.1) is 0 Å². The molecule has 0 aliphatic carbocycles. The van der Waals surface area contributed by atoms with Crippen LogP contribution in [0.15, 0.2) is 36.9 Å². The standard InChI is InChI=1S/C26H49BN2O2Si2/c1-19(2)32(20(3)4,21(5)6)28-15-13-25(17-28)30-27-31-26-14-16-29(18-26)33(22(7)8,23(9)10)24(11)12/h13-24,27H,1-12H3. The summed E-state index contributed by atoms with van der Waals surface area (Å²) in [6.45, 7) is 28.6. The van der Waals surface area contributed by atoms with Gasteiger partial charge < -0.3 is 17.8 Å². The summed E-state index contributed by atoms with van der Waals surface area (Å²) in [5, 5.41) is 0. The van der Waals surface area contributed by atoms with E-state index in [4.69, 9.17) is 9.31 Å². The molecule has 0 spiro atoms. The minimum absolute atomic E-state index is 0.229. The Bertz CT molecular complexity index is 757. The maximum atomic E-state index is 6.04. The number of rotatable bonds is 12. The van der Waals surface area contributed by atoms with E-state index < -0.39 is 16.5 Å². The molecule has 0 fully saturated rings. The second-order valence-electron chi connectivity index (χ2n) is 11.6. The summed E-state index contributed by atoms with van der Waals surface area (Å²) in [7, 11) is -3.25. The Morgan fingerprint density at radius 2 is 0.818 bits per heavy atom. The number of aromatic nitrogens is 2. The average molecular weight is 489 g/mol. The highest BCUT2D eigenvalue weighted by Crippen LogP contribution is 2.44. The molecule has 2 aromatic heterocycles. The van der Waals surface area contributed by atoms with Crippen LogP contribution in [0.2, 0.25) is 33.2 Å². The molecular formula is C26H49BN2O2Si2. The van der Waals surface area contributed by atoms with E-state index in [0.29, 0.717) is 33.2 Å². The number of hydrogen-bond acceptors (Lipinski definition) is 2. The molecule has 0 saturated carbocycles. The van der Waals surface area contributed by atoms with Crippen molar-refractivity contribution in [1.29, 1.82) is 0 Å². The smallest absolute Gasteiger partial charge is 0.527 e. The van der Waals surface area contributed by atoms with Gasteiger partial charge in [0.2, 0.25) is 0 Å². The molecule has 0 aromatic carbocycles. The lowest BCUT2D eigenvalue weighted by atomic mass is 10.3. The molecule has 0 bridgehead atoms. The zero-order chi connectivity index (χ0) is 25.1. The Balaban J connectivity index is 2.14. The fourth-order valence-corrected chi connectivity index (χ4v) is 20.3. The first-order valence-electron chi connectivity index (χ1n) is 12.9.